The highest BCUT2D eigenvalue weighted by Crippen LogP contribution is 2.29. The smallest absolute Gasteiger partial charge is 0.227 e. The number of imidazole rings is 1. The van der Waals surface area contributed by atoms with Crippen LogP contribution >= 0.6 is 0 Å². The van der Waals surface area contributed by atoms with Gasteiger partial charge in [-0.25, -0.2) is 17.4 Å². The van der Waals surface area contributed by atoms with Gasteiger partial charge < -0.3 is 0 Å². The molecule has 33 heavy (non-hydrogen) atoms. The molecule has 0 saturated heterocycles. The van der Waals surface area contributed by atoms with Crippen molar-refractivity contribution in [2.75, 3.05) is 0 Å². The van der Waals surface area contributed by atoms with Crippen LogP contribution in [0, 0.1) is 18.8 Å². The number of aryl methyl sites for hydroxylation is 1. The van der Waals surface area contributed by atoms with Crippen molar-refractivity contribution in [3.8, 4) is 23.2 Å². The molecule has 0 bridgehead atoms. The van der Waals surface area contributed by atoms with E-state index in [1.807, 2.05) is 79.7 Å². The van der Waals surface area contributed by atoms with Crippen LogP contribution in [0.5, 0.6) is 0 Å². The molecular weight excluding hydrogens is 428 g/mol. The summed E-state index contributed by atoms with van der Waals surface area (Å²) >= 11 is 0. The maximum atomic E-state index is 13.6. The monoisotopic (exact) mass is 448 g/mol. The average Bonchev–Trinajstić information content (AvgIpc) is 3.24. The van der Waals surface area contributed by atoms with Crippen LogP contribution in [0.25, 0.3) is 22.4 Å². The summed E-state index contributed by atoms with van der Waals surface area (Å²) in [7, 11) is -3.85. The third-order valence-electron chi connectivity index (χ3n) is 5.35. The van der Waals surface area contributed by atoms with Crippen LogP contribution in [-0.4, -0.2) is 17.4 Å². The van der Waals surface area contributed by atoms with Crippen molar-refractivity contribution in [1.82, 2.24) is 8.96 Å². The normalized spacial score (nSPS) is 11.2. The lowest BCUT2D eigenvalue weighted by molar-refractivity contribution is 0.589. The van der Waals surface area contributed by atoms with E-state index in [0.29, 0.717) is 22.4 Å². The Kier molecular flexibility index (Phi) is 5.29. The first-order valence-corrected chi connectivity index (χ1v) is 11.9. The van der Waals surface area contributed by atoms with Crippen LogP contribution in [0.3, 0.4) is 0 Å². The Labute approximate surface area is 193 Å². The molecule has 5 heteroatoms. The SMILES string of the molecule is Cc1ccc(S(=O)(=O)n2c(-c3ccc(C#Cc4ccccc4)cc3)nc3ccccc32)cc1. The van der Waals surface area contributed by atoms with Gasteiger partial charge in [-0.15, -0.1) is 0 Å². The molecule has 1 heterocycles. The number of nitrogens with zero attached hydrogens (tertiary/aromatic N) is 2. The van der Waals surface area contributed by atoms with Crippen molar-refractivity contribution in [2.45, 2.75) is 11.8 Å². The molecule has 5 rings (SSSR count). The van der Waals surface area contributed by atoms with Crippen molar-refractivity contribution < 1.29 is 8.42 Å². The number of hydrogen-bond donors (Lipinski definition) is 0. The number of aromatic nitrogens is 2. The highest BCUT2D eigenvalue weighted by atomic mass is 32.2. The van der Waals surface area contributed by atoms with Gasteiger partial charge >= 0.3 is 0 Å². The topological polar surface area (TPSA) is 52.0 Å². The van der Waals surface area contributed by atoms with E-state index >= 15 is 0 Å². The number of hydrogen-bond acceptors (Lipinski definition) is 3. The maximum Gasteiger partial charge on any atom is 0.269 e. The van der Waals surface area contributed by atoms with Crippen LogP contribution < -0.4 is 0 Å². The Morgan fingerprint density at radius 2 is 1.30 bits per heavy atom. The summed E-state index contributed by atoms with van der Waals surface area (Å²) in [6.07, 6.45) is 0. The van der Waals surface area contributed by atoms with Gasteiger partial charge in [-0.3, -0.25) is 0 Å². The quantitative estimate of drug-likeness (QED) is 0.335. The van der Waals surface area contributed by atoms with Gasteiger partial charge in [0.15, 0.2) is 5.82 Å². The Balaban J connectivity index is 1.61. The van der Waals surface area contributed by atoms with Gasteiger partial charge in [-0.2, -0.15) is 0 Å². The third-order valence-corrected chi connectivity index (χ3v) is 7.06. The van der Waals surface area contributed by atoms with Gasteiger partial charge in [0.05, 0.1) is 15.9 Å². The summed E-state index contributed by atoms with van der Waals surface area (Å²) in [6, 6.07) is 31.4. The van der Waals surface area contributed by atoms with E-state index < -0.39 is 10.0 Å². The molecule has 0 radical (unpaired) electrons. The molecule has 4 nitrogen and oxygen atoms in total. The first-order valence-electron chi connectivity index (χ1n) is 10.5. The zero-order valence-corrected chi connectivity index (χ0v) is 18.8. The number of fused-ring (bicyclic) bond motifs is 1. The minimum Gasteiger partial charge on any atom is -0.227 e. The molecule has 0 fully saturated rings. The lowest BCUT2D eigenvalue weighted by Gasteiger charge is -2.11. The van der Waals surface area contributed by atoms with Crippen LogP contribution in [0.15, 0.2) is 108 Å². The van der Waals surface area contributed by atoms with Crippen LogP contribution in [0.4, 0.5) is 0 Å². The zero-order valence-electron chi connectivity index (χ0n) is 17.9. The Hall–Kier alpha value is -4.14. The predicted molar refractivity (Wildman–Crippen MR) is 131 cm³/mol. The fourth-order valence-corrected chi connectivity index (χ4v) is 5.09. The van der Waals surface area contributed by atoms with Gasteiger partial charge in [0.25, 0.3) is 10.0 Å². The second kappa shape index (κ2) is 8.42. The lowest BCUT2D eigenvalue weighted by atomic mass is 10.1. The molecule has 0 spiro atoms. The number of benzene rings is 4. The summed E-state index contributed by atoms with van der Waals surface area (Å²) in [5.74, 6) is 6.66. The number of para-hydroxylation sites is 2. The standard InChI is InChI=1S/C28H20N2O2S/c1-21-11-19-25(20-12-21)33(31,32)30-27-10-6-5-9-26(27)29-28(30)24-17-15-23(16-18-24)14-13-22-7-3-2-4-8-22/h2-12,15-20H,1H3. The minimum atomic E-state index is -3.85. The second-order valence-corrected chi connectivity index (χ2v) is 9.49. The van der Waals surface area contributed by atoms with E-state index in [4.69, 9.17) is 0 Å². The first-order chi connectivity index (χ1) is 16.0. The van der Waals surface area contributed by atoms with Crippen LogP contribution in [0.2, 0.25) is 0 Å². The van der Waals surface area contributed by atoms with Crippen molar-refractivity contribution in [3.05, 3.63) is 120 Å². The average molecular weight is 449 g/mol. The summed E-state index contributed by atoms with van der Waals surface area (Å²) in [5, 5.41) is 0. The molecule has 5 aromatic rings. The fraction of sp³-hybridized carbons (Fsp3) is 0.0357. The van der Waals surface area contributed by atoms with Crippen molar-refractivity contribution in [2.24, 2.45) is 0 Å². The van der Waals surface area contributed by atoms with Gasteiger partial charge in [0, 0.05) is 16.7 Å². The molecule has 0 saturated carbocycles. The van der Waals surface area contributed by atoms with E-state index in [0.717, 1.165) is 16.7 Å². The van der Waals surface area contributed by atoms with Gasteiger partial charge in [-0.1, -0.05) is 59.9 Å². The molecule has 0 N–H and O–H groups in total. The van der Waals surface area contributed by atoms with Gasteiger partial charge in [0.1, 0.15) is 0 Å². The highest BCUT2D eigenvalue weighted by Gasteiger charge is 2.25. The third kappa shape index (κ3) is 4.05. The number of rotatable bonds is 3. The molecule has 160 valence electrons. The molecule has 0 aliphatic carbocycles. The Morgan fingerprint density at radius 1 is 0.697 bits per heavy atom. The second-order valence-electron chi connectivity index (χ2n) is 7.70. The zero-order chi connectivity index (χ0) is 22.8. The highest BCUT2D eigenvalue weighted by molar-refractivity contribution is 7.90. The minimum absolute atomic E-state index is 0.225. The van der Waals surface area contributed by atoms with Gasteiger partial charge in [-0.05, 0) is 67.6 Å². The van der Waals surface area contributed by atoms with E-state index in [-0.39, 0.29) is 4.90 Å². The molecule has 0 amide bonds. The molecular formula is C28H20N2O2S. The van der Waals surface area contributed by atoms with Crippen molar-refractivity contribution >= 4 is 21.1 Å². The molecule has 0 aliphatic rings. The molecule has 1 aromatic heterocycles. The molecule has 0 atom stereocenters. The van der Waals surface area contributed by atoms with E-state index in [2.05, 4.69) is 16.8 Å². The van der Waals surface area contributed by atoms with Gasteiger partial charge in [0.2, 0.25) is 0 Å². The molecule has 4 aromatic carbocycles. The summed E-state index contributed by atoms with van der Waals surface area (Å²) in [4.78, 5) is 4.89. The van der Waals surface area contributed by atoms with Crippen molar-refractivity contribution in [3.63, 3.8) is 0 Å². The first kappa shape index (κ1) is 20.7. The maximum absolute atomic E-state index is 13.6. The molecule has 0 unspecified atom stereocenters. The Morgan fingerprint density at radius 3 is 2.00 bits per heavy atom. The predicted octanol–water partition coefficient (Wildman–Crippen LogP) is 5.65. The molecule has 0 aliphatic heterocycles. The fourth-order valence-electron chi connectivity index (χ4n) is 3.61. The van der Waals surface area contributed by atoms with Crippen LogP contribution in [-0.2, 0) is 10.0 Å². The van der Waals surface area contributed by atoms with E-state index in [1.54, 1.807) is 30.3 Å². The van der Waals surface area contributed by atoms with Crippen LogP contribution in [0.1, 0.15) is 16.7 Å². The summed E-state index contributed by atoms with van der Waals surface area (Å²) < 4.78 is 28.6. The largest absolute Gasteiger partial charge is 0.269 e. The summed E-state index contributed by atoms with van der Waals surface area (Å²) in [6.45, 7) is 1.93. The lowest BCUT2D eigenvalue weighted by Crippen LogP contribution is -2.14. The van der Waals surface area contributed by atoms with E-state index in [9.17, 15) is 8.42 Å². The van der Waals surface area contributed by atoms with Crippen molar-refractivity contribution in [1.29, 1.82) is 0 Å². The van der Waals surface area contributed by atoms with E-state index in [1.165, 1.54) is 3.97 Å². The Bertz CT molecular complexity index is 1610. The summed E-state index contributed by atoms with van der Waals surface area (Å²) in [5.41, 5.74) is 4.64.